The van der Waals surface area contributed by atoms with Crippen molar-refractivity contribution in [1.29, 1.82) is 0 Å². The predicted octanol–water partition coefficient (Wildman–Crippen LogP) is 1.71. The maximum atomic E-state index is 6.89. The Labute approximate surface area is 47.4 Å². The summed E-state index contributed by atoms with van der Waals surface area (Å²) < 4.78 is 39.4. The molecule has 32 valence electrons. The van der Waals surface area contributed by atoms with Gasteiger partial charge in [0.1, 0.15) is 0 Å². The standard InChI is InChI=1S/C4H10S/c1-4(2,3)5/h5H,1-3H3/i1D3,2D3. The van der Waals surface area contributed by atoms with Crippen LogP contribution in [0.2, 0.25) is 0 Å². The lowest BCUT2D eigenvalue weighted by Gasteiger charge is -2.04. The molecule has 0 aromatic rings. The van der Waals surface area contributed by atoms with Crippen molar-refractivity contribution >= 4 is 12.6 Å². The first-order valence-corrected chi connectivity index (χ1v) is 1.67. The van der Waals surface area contributed by atoms with Crippen LogP contribution in [0.15, 0.2) is 0 Å². The molecule has 0 aliphatic heterocycles. The molecule has 0 bridgehead atoms. The highest BCUT2D eigenvalue weighted by Gasteiger charge is 1.96. The summed E-state index contributed by atoms with van der Waals surface area (Å²) in [5.74, 6) is 0. The third-order valence-corrected chi connectivity index (χ3v) is 0. The minimum atomic E-state index is -2.57. The Balaban J connectivity index is 4.75. The van der Waals surface area contributed by atoms with Crippen LogP contribution in [0.4, 0.5) is 0 Å². The number of hydrogen-bond donors (Lipinski definition) is 1. The van der Waals surface area contributed by atoms with E-state index in [1.165, 1.54) is 0 Å². The van der Waals surface area contributed by atoms with Crippen LogP contribution in [0, 0.1) is 0 Å². The van der Waals surface area contributed by atoms with Crippen LogP contribution in [-0.2, 0) is 0 Å². The molecule has 0 saturated carbocycles. The Hall–Kier alpha value is 0.350. The normalized spacial score (nSPS) is 34.8. The van der Waals surface area contributed by atoms with E-state index < -0.39 is 18.5 Å². The molecule has 5 heavy (non-hydrogen) atoms. The third-order valence-electron chi connectivity index (χ3n) is 0. The summed E-state index contributed by atoms with van der Waals surface area (Å²) in [6.45, 7) is -4.04. The number of hydrogen-bond acceptors (Lipinski definition) is 1. The Bertz CT molecular complexity index is 126. The van der Waals surface area contributed by atoms with Gasteiger partial charge < -0.3 is 0 Å². The molecular formula is C4H10S. The van der Waals surface area contributed by atoms with Crippen molar-refractivity contribution < 1.29 is 8.22 Å². The molecule has 0 heterocycles. The van der Waals surface area contributed by atoms with Crippen molar-refractivity contribution in [1.82, 2.24) is 0 Å². The summed E-state index contributed by atoms with van der Waals surface area (Å²) >= 11 is 3.62. The smallest absolute Gasteiger partial charge is 0.0244 e. The average molecular weight is 96.2 g/mol. The summed E-state index contributed by atoms with van der Waals surface area (Å²) in [5.41, 5.74) is 0. The Morgan fingerprint density at radius 3 is 2.20 bits per heavy atom. The minimum absolute atomic E-state index is 1.09. The van der Waals surface area contributed by atoms with Crippen LogP contribution < -0.4 is 0 Å². The lowest BCUT2D eigenvalue weighted by atomic mass is 10.3. The molecule has 1 heteroatoms. The van der Waals surface area contributed by atoms with Crippen molar-refractivity contribution in [2.75, 3.05) is 0 Å². The van der Waals surface area contributed by atoms with E-state index in [-0.39, 0.29) is 0 Å². The van der Waals surface area contributed by atoms with Gasteiger partial charge in [0.15, 0.2) is 0 Å². The Morgan fingerprint density at radius 1 is 1.80 bits per heavy atom. The molecule has 0 rings (SSSR count). The van der Waals surface area contributed by atoms with Gasteiger partial charge in [-0.25, -0.2) is 0 Å². The van der Waals surface area contributed by atoms with Crippen molar-refractivity contribution in [3.8, 4) is 0 Å². The first kappa shape index (κ1) is 0.945. The quantitative estimate of drug-likeness (QED) is 0.436. The molecule has 0 saturated heterocycles. The van der Waals surface area contributed by atoms with Gasteiger partial charge >= 0.3 is 0 Å². The number of rotatable bonds is 0. The van der Waals surface area contributed by atoms with Gasteiger partial charge in [-0.15, -0.1) is 0 Å². The van der Waals surface area contributed by atoms with Crippen LogP contribution >= 0.6 is 12.6 Å². The van der Waals surface area contributed by atoms with Crippen molar-refractivity contribution in [3.63, 3.8) is 0 Å². The molecule has 0 aromatic carbocycles. The summed E-state index contributed by atoms with van der Waals surface area (Å²) in [4.78, 5) is 0. The second kappa shape index (κ2) is 1.21. The van der Waals surface area contributed by atoms with Gasteiger partial charge in [0.05, 0.1) is 0 Å². The van der Waals surface area contributed by atoms with E-state index >= 15 is 0 Å². The van der Waals surface area contributed by atoms with Crippen LogP contribution in [0.25, 0.3) is 0 Å². The van der Waals surface area contributed by atoms with E-state index in [1.54, 1.807) is 0 Å². The predicted molar refractivity (Wildman–Crippen MR) is 28.7 cm³/mol. The molecule has 0 unspecified atom stereocenters. The van der Waals surface area contributed by atoms with Gasteiger partial charge in [-0.2, -0.15) is 12.6 Å². The zero-order valence-electron chi connectivity index (χ0n) is 8.95. The maximum Gasteiger partial charge on any atom is 0.0244 e. The average Bonchev–Trinajstić information content (AvgIpc) is 1.58. The van der Waals surface area contributed by atoms with E-state index in [0.717, 1.165) is 6.92 Å². The highest BCUT2D eigenvalue weighted by Crippen LogP contribution is 2.07. The van der Waals surface area contributed by atoms with Crippen LogP contribution in [0.5, 0.6) is 0 Å². The second-order valence-corrected chi connectivity index (χ2v) is 1.97. The first-order chi connectivity index (χ1) is 4.50. The van der Waals surface area contributed by atoms with Crippen LogP contribution in [0.3, 0.4) is 0 Å². The van der Waals surface area contributed by atoms with E-state index in [9.17, 15) is 0 Å². The molecule has 0 aromatic heterocycles. The van der Waals surface area contributed by atoms with Crippen molar-refractivity contribution in [2.24, 2.45) is 0 Å². The van der Waals surface area contributed by atoms with Gasteiger partial charge in [0.2, 0.25) is 0 Å². The molecule has 0 radical (unpaired) electrons. The lowest BCUT2D eigenvalue weighted by Crippen LogP contribution is -1.99. The molecule has 0 nitrogen and oxygen atoms in total. The van der Waals surface area contributed by atoms with Crippen LogP contribution in [-0.4, -0.2) is 4.75 Å². The summed E-state index contributed by atoms with van der Waals surface area (Å²) in [7, 11) is 0. The highest BCUT2D eigenvalue weighted by atomic mass is 32.1. The zero-order valence-corrected chi connectivity index (χ0v) is 3.84. The van der Waals surface area contributed by atoms with E-state index in [1.807, 2.05) is 0 Å². The molecule has 0 atom stereocenters. The van der Waals surface area contributed by atoms with Gasteiger partial charge in [0.25, 0.3) is 0 Å². The monoisotopic (exact) mass is 96.1 g/mol. The molecule has 0 spiro atoms. The van der Waals surface area contributed by atoms with Gasteiger partial charge in [-0.05, 0) is 0 Å². The van der Waals surface area contributed by atoms with Gasteiger partial charge in [0, 0.05) is 13.0 Å². The molecule has 0 fully saturated rings. The number of thiol groups is 1. The zero-order chi connectivity index (χ0) is 9.50. The fraction of sp³-hybridized carbons (Fsp3) is 1.00. The highest BCUT2D eigenvalue weighted by molar-refractivity contribution is 7.81. The topological polar surface area (TPSA) is 0 Å². The van der Waals surface area contributed by atoms with Gasteiger partial charge in [-0.1, -0.05) is 20.6 Å². The van der Waals surface area contributed by atoms with Gasteiger partial charge in [-0.3, -0.25) is 0 Å². The lowest BCUT2D eigenvalue weighted by molar-refractivity contribution is 0.812. The Kier molecular flexibility index (Phi) is 0.229. The minimum Gasteiger partial charge on any atom is -0.173 e. The second-order valence-electron chi connectivity index (χ2n) is 1.07. The van der Waals surface area contributed by atoms with Crippen molar-refractivity contribution in [2.45, 2.75) is 25.4 Å². The SMILES string of the molecule is [2H]C([2H])([2H])C(C)(S)C([2H])([2H])[2H]. The fourth-order valence-corrected chi connectivity index (χ4v) is 0. The maximum absolute atomic E-state index is 6.89. The summed E-state index contributed by atoms with van der Waals surface area (Å²) in [6.07, 6.45) is 0. The third kappa shape index (κ3) is 196. The van der Waals surface area contributed by atoms with E-state index in [0.29, 0.717) is 0 Å². The summed E-state index contributed by atoms with van der Waals surface area (Å²) in [5, 5.41) is 0. The molecule has 0 N–H and O–H groups in total. The molecule has 0 aliphatic carbocycles. The van der Waals surface area contributed by atoms with Crippen LogP contribution in [0.1, 0.15) is 28.9 Å². The van der Waals surface area contributed by atoms with Crippen molar-refractivity contribution in [3.05, 3.63) is 0 Å². The Morgan fingerprint density at radius 2 is 2.20 bits per heavy atom. The first-order valence-electron chi connectivity index (χ1n) is 4.22. The molecule has 0 amide bonds. The largest absolute Gasteiger partial charge is 0.173 e. The van der Waals surface area contributed by atoms with E-state index in [4.69, 9.17) is 8.22 Å². The fourth-order valence-electron chi connectivity index (χ4n) is 0. The molecule has 0 aliphatic rings. The molecular weight excluding hydrogens is 80.1 g/mol. The van der Waals surface area contributed by atoms with E-state index in [2.05, 4.69) is 12.6 Å². The summed E-state index contributed by atoms with van der Waals surface area (Å²) in [6, 6.07) is 0.